The molecule has 1 amide bonds. The molecule has 3 aromatic rings. The summed E-state index contributed by atoms with van der Waals surface area (Å²) in [4.78, 5) is 34.1. The molecular weight excluding hydrogens is 354 g/mol. The van der Waals surface area contributed by atoms with Gasteiger partial charge in [-0.15, -0.1) is 16.4 Å². The van der Waals surface area contributed by atoms with E-state index < -0.39 is 11.9 Å². The fourth-order valence-corrected chi connectivity index (χ4v) is 3.47. The molecule has 3 aromatic heterocycles. The predicted octanol–water partition coefficient (Wildman–Crippen LogP) is 2.79. The minimum atomic E-state index is -0.498. The molecule has 0 aliphatic carbocycles. The van der Waals surface area contributed by atoms with Gasteiger partial charge in [0.2, 0.25) is 5.82 Å². The summed E-state index contributed by atoms with van der Waals surface area (Å²) in [5.74, 6) is -0.608. The van der Waals surface area contributed by atoms with Gasteiger partial charge in [0, 0.05) is 16.3 Å². The maximum absolute atomic E-state index is 12.6. The zero-order valence-corrected chi connectivity index (χ0v) is 15.8. The molecule has 1 N–H and O–H groups in total. The summed E-state index contributed by atoms with van der Waals surface area (Å²) < 4.78 is 6.58. The van der Waals surface area contributed by atoms with Gasteiger partial charge in [0.15, 0.2) is 0 Å². The largest absolute Gasteiger partial charge is 0.462 e. The number of anilines is 1. The molecule has 3 rings (SSSR count). The van der Waals surface area contributed by atoms with Crippen molar-refractivity contribution in [3.8, 4) is 0 Å². The van der Waals surface area contributed by atoms with Crippen LogP contribution in [0.25, 0.3) is 5.78 Å². The molecule has 136 valence electrons. The third kappa shape index (κ3) is 3.43. The topological polar surface area (TPSA) is 98.5 Å². The van der Waals surface area contributed by atoms with Crippen molar-refractivity contribution in [1.29, 1.82) is 0 Å². The molecule has 0 fully saturated rings. The van der Waals surface area contributed by atoms with Crippen LogP contribution in [-0.2, 0) is 11.2 Å². The summed E-state index contributed by atoms with van der Waals surface area (Å²) in [6.45, 7) is 7.70. The number of ether oxygens (including phenoxy) is 1. The highest BCUT2D eigenvalue weighted by Gasteiger charge is 2.21. The first-order valence-electron chi connectivity index (χ1n) is 8.25. The van der Waals surface area contributed by atoms with Crippen LogP contribution in [0.3, 0.4) is 0 Å². The van der Waals surface area contributed by atoms with Crippen molar-refractivity contribution in [1.82, 2.24) is 19.6 Å². The molecule has 9 heteroatoms. The van der Waals surface area contributed by atoms with Crippen LogP contribution in [0.1, 0.15) is 51.1 Å². The van der Waals surface area contributed by atoms with E-state index in [-0.39, 0.29) is 12.4 Å². The third-order valence-corrected chi connectivity index (χ3v) is 4.87. The molecule has 0 unspecified atom stereocenters. The highest BCUT2D eigenvalue weighted by atomic mass is 32.1. The summed E-state index contributed by atoms with van der Waals surface area (Å²) in [5, 5.41) is 7.37. The lowest BCUT2D eigenvalue weighted by molar-refractivity contribution is 0.0528. The molecule has 8 nitrogen and oxygen atoms in total. The lowest BCUT2D eigenvalue weighted by Crippen LogP contribution is -2.15. The van der Waals surface area contributed by atoms with Gasteiger partial charge >= 0.3 is 5.97 Å². The van der Waals surface area contributed by atoms with Gasteiger partial charge in [-0.05, 0) is 39.3 Å². The zero-order valence-electron chi connectivity index (χ0n) is 15.0. The van der Waals surface area contributed by atoms with Crippen molar-refractivity contribution in [2.24, 2.45) is 0 Å². The Labute approximate surface area is 154 Å². The van der Waals surface area contributed by atoms with E-state index in [4.69, 9.17) is 4.74 Å². The smallest absolute Gasteiger partial charge is 0.341 e. The van der Waals surface area contributed by atoms with Gasteiger partial charge in [0.25, 0.3) is 11.7 Å². The number of thiophene rings is 1. The van der Waals surface area contributed by atoms with Gasteiger partial charge in [-0.1, -0.05) is 6.92 Å². The highest BCUT2D eigenvalue weighted by molar-refractivity contribution is 7.16. The molecule has 26 heavy (non-hydrogen) atoms. The van der Waals surface area contributed by atoms with Gasteiger partial charge in [0.1, 0.15) is 5.00 Å². The van der Waals surface area contributed by atoms with Crippen LogP contribution < -0.4 is 5.32 Å². The fourth-order valence-electron chi connectivity index (χ4n) is 2.49. The second-order valence-electron chi connectivity index (χ2n) is 5.67. The van der Waals surface area contributed by atoms with E-state index >= 15 is 0 Å². The maximum Gasteiger partial charge on any atom is 0.341 e. The average molecular weight is 373 g/mol. The van der Waals surface area contributed by atoms with E-state index in [1.807, 2.05) is 26.8 Å². The van der Waals surface area contributed by atoms with Crippen LogP contribution >= 0.6 is 11.3 Å². The van der Waals surface area contributed by atoms with Gasteiger partial charge in [-0.3, -0.25) is 4.79 Å². The van der Waals surface area contributed by atoms with Crippen LogP contribution in [0.2, 0.25) is 0 Å². The first-order valence-corrected chi connectivity index (χ1v) is 9.06. The molecule has 0 aliphatic heterocycles. The lowest BCUT2D eigenvalue weighted by atomic mass is 10.2. The van der Waals surface area contributed by atoms with E-state index in [0.717, 1.165) is 22.7 Å². The Hall–Kier alpha value is -2.81. The normalized spacial score (nSPS) is 10.9. The van der Waals surface area contributed by atoms with E-state index in [0.29, 0.717) is 16.3 Å². The summed E-state index contributed by atoms with van der Waals surface area (Å²) in [6.07, 6.45) is 0.752. The summed E-state index contributed by atoms with van der Waals surface area (Å²) in [5.41, 5.74) is 1.97. The Balaban J connectivity index is 1.91. The van der Waals surface area contributed by atoms with Crippen molar-refractivity contribution in [3.63, 3.8) is 0 Å². The third-order valence-electron chi connectivity index (χ3n) is 3.68. The van der Waals surface area contributed by atoms with Crippen molar-refractivity contribution < 1.29 is 14.3 Å². The van der Waals surface area contributed by atoms with E-state index in [1.54, 1.807) is 13.0 Å². The van der Waals surface area contributed by atoms with Gasteiger partial charge in [-0.2, -0.15) is 4.98 Å². The van der Waals surface area contributed by atoms with Crippen molar-refractivity contribution in [2.45, 2.75) is 34.1 Å². The average Bonchev–Trinajstić information content (AvgIpc) is 3.19. The van der Waals surface area contributed by atoms with Crippen LogP contribution in [0.4, 0.5) is 5.00 Å². The molecule has 0 spiro atoms. The summed E-state index contributed by atoms with van der Waals surface area (Å²) in [6, 6.07) is 3.60. The molecule has 0 radical (unpaired) electrons. The maximum atomic E-state index is 12.6. The Morgan fingerprint density at radius 1 is 1.23 bits per heavy atom. The van der Waals surface area contributed by atoms with Crippen molar-refractivity contribution in [2.75, 3.05) is 11.9 Å². The number of hydrogen-bond donors (Lipinski definition) is 1. The number of fused-ring (bicyclic) bond motifs is 1. The van der Waals surface area contributed by atoms with E-state index in [2.05, 4.69) is 20.4 Å². The molecule has 0 aliphatic rings. The number of carbonyl (C=O) groups is 2. The zero-order chi connectivity index (χ0) is 18.8. The SMILES string of the molecule is CCOC(=O)c1cc(CC)sc1NC(=O)c1nc2nc(C)cc(C)n2n1. The number of rotatable bonds is 5. The number of esters is 1. The van der Waals surface area contributed by atoms with Gasteiger partial charge in [0.05, 0.1) is 12.2 Å². The van der Waals surface area contributed by atoms with Crippen molar-refractivity contribution >= 4 is 34.0 Å². The molecule has 0 saturated carbocycles. The Morgan fingerprint density at radius 2 is 2.00 bits per heavy atom. The number of nitrogens with zero attached hydrogens (tertiary/aromatic N) is 4. The predicted molar refractivity (Wildman–Crippen MR) is 97.9 cm³/mol. The van der Waals surface area contributed by atoms with E-state index in [1.165, 1.54) is 15.9 Å². The monoisotopic (exact) mass is 373 g/mol. The van der Waals surface area contributed by atoms with Gasteiger partial charge < -0.3 is 10.1 Å². The standard InChI is InChI=1S/C17H19N5O3S/c1-5-11-8-12(16(24)25-6-2)15(26-11)20-14(23)13-19-17-18-9(3)7-10(4)22(17)21-13/h7-8H,5-6H2,1-4H3,(H,20,23). The van der Waals surface area contributed by atoms with Crippen LogP contribution in [0.15, 0.2) is 12.1 Å². The number of hydrogen-bond acceptors (Lipinski definition) is 7. The second kappa shape index (κ2) is 7.20. The van der Waals surface area contributed by atoms with Crippen LogP contribution in [0.5, 0.6) is 0 Å². The molecule has 0 aromatic carbocycles. The number of aromatic nitrogens is 4. The number of carbonyl (C=O) groups excluding carboxylic acids is 2. The second-order valence-corrected chi connectivity index (χ2v) is 6.81. The molecule has 0 saturated heterocycles. The highest BCUT2D eigenvalue weighted by Crippen LogP contribution is 2.29. The van der Waals surface area contributed by atoms with Crippen molar-refractivity contribution in [3.05, 3.63) is 39.8 Å². The Morgan fingerprint density at radius 3 is 2.69 bits per heavy atom. The molecule has 0 bridgehead atoms. The minimum absolute atomic E-state index is 0.00698. The van der Waals surface area contributed by atoms with Crippen LogP contribution in [-0.4, -0.2) is 38.1 Å². The number of aryl methyl sites for hydroxylation is 3. The first-order chi connectivity index (χ1) is 12.4. The number of amides is 1. The van der Waals surface area contributed by atoms with Crippen LogP contribution in [0, 0.1) is 13.8 Å². The summed E-state index contributed by atoms with van der Waals surface area (Å²) in [7, 11) is 0. The van der Waals surface area contributed by atoms with Gasteiger partial charge in [-0.25, -0.2) is 14.3 Å². The molecule has 3 heterocycles. The number of nitrogens with one attached hydrogen (secondary N) is 1. The summed E-state index contributed by atoms with van der Waals surface area (Å²) >= 11 is 1.34. The minimum Gasteiger partial charge on any atom is -0.462 e. The Bertz CT molecular complexity index is 992. The molecular formula is C17H19N5O3S. The van der Waals surface area contributed by atoms with E-state index in [9.17, 15) is 9.59 Å². The lowest BCUT2D eigenvalue weighted by Gasteiger charge is -2.04. The molecule has 0 atom stereocenters. The quantitative estimate of drug-likeness (QED) is 0.691. The first kappa shape index (κ1) is 18.0. The fraction of sp³-hybridized carbons (Fsp3) is 0.353. The Kier molecular flexibility index (Phi) is 4.99.